The van der Waals surface area contributed by atoms with E-state index in [-0.39, 0.29) is 28.3 Å². The third kappa shape index (κ3) is 5.86. The molecule has 188 valence electrons. The van der Waals surface area contributed by atoms with Crippen LogP contribution in [0, 0.1) is 5.82 Å². The predicted octanol–water partition coefficient (Wildman–Crippen LogP) is 4.37. The molecule has 0 spiro atoms. The van der Waals surface area contributed by atoms with E-state index in [4.69, 9.17) is 16.3 Å². The first-order valence-electron chi connectivity index (χ1n) is 11.4. The summed E-state index contributed by atoms with van der Waals surface area (Å²) < 4.78 is 45.5. The molecule has 12 heteroatoms. The Kier molecular flexibility index (Phi) is 7.86. The van der Waals surface area contributed by atoms with E-state index in [9.17, 15) is 17.6 Å². The molecule has 0 saturated carbocycles. The first-order chi connectivity index (χ1) is 15.9. The molecule has 1 amide bonds. The van der Waals surface area contributed by atoms with Gasteiger partial charge in [-0.2, -0.15) is 0 Å². The highest BCUT2D eigenvalue weighted by Crippen LogP contribution is 2.33. The van der Waals surface area contributed by atoms with Gasteiger partial charge in [-0.05, 0) is 46.5 Å². The van der Waals surface area contributed by atoms with E-state index in [0.29, 0.717) is 43.4 Å². The molecular weight excluding hydrogens is 485 g/mol. The molecule has 9 nitrogen and oxygen atoms in total. The maximum atomic E-state index is 14.9. The summed E-state index contributed by atoms with van der Waals surface area (Å²) in [6, 6.07) is -0.277. The van der Waals surface area contributed by atoms with Gasteiger partial charge in [0.25, 0.3) is 0 Å². The molecule has 2 aromatic rings. The Morgan fingerprint density at radius 2 is 1.97 bits per heavy atom. The summed E-state index contributed by atoms with van der Waals surface area (Å²) >= 11 is 5.99. The normalized spacial score (nSPS) is 16.5. The first kappa shape index (κ1) is 26.3. The van der Waals surface area contributed by atoms with E-state index in [0.717, 1.165) is 6.42 Å². The van der Waals surface area contributed by atoms with Crippen LogP contribution < -0.4 is 5.32 Å². The molecule has 34 heavy (non-hydrogen) atoms. The number of halogens is 2. The average Bonchev–Trinajstić information content (AvgIpc) is 2.73. The number of nitrogens with one attached hydrogen (secondary N) is 1. The van der Waals surface area contributed by atoms with Gasteiger partial charge in [0.15, 0.2) is 11.0 Å². The van der Waals surface area contributed by atoms with Crippen molar-refractivity contribution in [1.29, 1.82) is 0 Å². The molecular formula is C22H31ClFN5O4S. The van der Waals surface area contributed by atoms with Gasteiger partial charge in [0.05, 0.1) is 16.8 Å². The Bertz CT molecular complexity index is 1190. The molecule has 1 atom stereocenters. The molecule has 1 unspecified atom stereocenters. The van der Waals surface area contributed by atoms with Crippen molar-refractivity contribution in [2.45, 2.75) is 77.1 Å². The maximum Gasteiger partial charge on any atom is 0.410 e. The topological polar surface area (TPSA) is 114 Å². The largest absolute Gasteiger partial charge is 0.444 e. The van der Waals surface area contributed by atoms with Crippen LogP contribution in [0.3, 0.4) is 0 Å². The van der Waals surface area contributed by atoms with Crippen LogP contribution >= 0.6 is 11.6 Å². The van der Waals surface area contributed by atoms with Crippen LogP contribution in [0.25, 0.3) is 10.9 Å². The van der Waals surface area contributed by atoms with Crippen LogP contribution in [0.5, 0.6) is 0 Å². The molecule has 1 aliphatic rings. The number of rotatable bonds is 6. The van der Waals surface area contributed by atoms with Crippen molar-refractivity contribution in [3.8, 4) is 0 Å². The number of anilines is 1. The fourth-order valence-corrected chi connectivity index (χ4v) is 4.70. The van der Waals surface area contributed by atoms with Crippen molar-refractivity contribution < 1.29 is 22.3 Å². The second kappa shape index (κ2) is 10.2. The molecule has 1 N–H and O–H groups in total. The first-order valence-corrected chi connectivity index (χ1v) is 13.4. The zero-order valence-electron chi connectivity index (χ0n) is 20.1. The summed E-state index contributed by atoms with van der Waals surface area (Å²) in [4.78, 5) is 26.8. The number of nitrogens with zero attached hydrogens (tertiary/aromatic N) is 4. The molecule has 0 saturated heterocycles. The summed E-state index contributed by atoms with van der Waals surface area (Å²) in [6.07, 6.45) is 2.11. The van der Waals surface area contributed by atoms with Crippen LogP contribution in [-0.2, 0) is 21.0 Å². The minimum atomic E-state index is -3.82. The van der Waals surface area contributed by atoms with Gasteiger partial charge in [0, 0.05) is 19.1 Å². The van der Waals surface area contributed by atoms with Gasteiger partial charge in [-0.1, -0.05) is 25.4 Å². The minimum Gasteiger partial charge on any atom is -0.444 e. The Hall–Kier alpha value is -2.27. The van der Waals surface area contributed by atoms with Crippen molar-refractivity contribution in [2.75, 3.05) is 24.2 Å². The summed E-state index contributed by atoms with van der Waals surface area (Å²) in [5.41, 5.74) is -0.320. The van der Waals surface area contributed by atoms with E-state index in [1.54, 1.807) is 25.7 Å². The lowest BCUT2D eigenvalue weighted by Crippen LogP contribution is -2.44. The van der Waals surface area contributed by atoms with Crippen LogP contribution in [-0.4, -0.2) is 64.8 Å². The highest BCUT2D eigenvalue weighted by molar-refractivity contribution is 7.91. The van der Waals surface area contributed by atoms with Gasteiger partial charge >= 0.3 is 6.09 Å². The fraction of sp³-hybridized carbons (Fsp3) is 0.636. The van der Waals surface area contributed by atoms with E-state index in [1.807, 2.05) is 6.92 Å². The highest BCUT2D eigenvalue weighted by Gasteiger charge is 2.29. The lowest BCUT2D eigenvalue weighted by molar-refractivity contribution is 0.0240. The second-order valence-corrected chi connectivity index (χ2v) is 11.8. The SMILES string of the molecule is CCCN(CC1CCCc2nc(Cl)c(F)c3nc(S(=O)(=O)CC)nc(c23)N1)C(=O)OC(C)(C)C. The van der Waals surface area contributed by atoms with Crippen molar-refractivity contribution in [1.82, 2.24) is 19.9 Å². The predicted molar refractivity (Wildman–Crippen MR) is 128 cm³/mol. The Balaban J connectivity index is 2.06. The van der Waals surface area contributed by atoms with E-state index in [2.05, 4.69) is 20.3 Å². The van der Waals surface area contributed by atoms with Gasteiger partial charge in [-0.3, -0.25) is 0 Å². The molecule has 0 radical (unpaired) electrons. The Labute approximate surface area is 204 Å². The molecule has 1 aliphatic heterocycles. The summed E-state index contributed by atoms with van der Waals surface area (Å²) in [6.45, 7) is 9.65. The quantitative estimate of drug-likeness (QED) is 0.445. The van der Waals surface area contributed by atoms with E-state index >= 15 is 0 Å². The van der Waals surface area contributed by atoms with Crippen LogP contribution in [0.1, 0.15) is 59.6 Å². The highest BCUT2D eigenvalue weighted by atomic mass is 35.5. The molecule has 0 fully saturated rings. The Morgan fingerprint density at radius 3 is 2.59 bits per heavy atom. The van der Waals surface area contributed by atoms with Crippen molar-refractivity contribution in [3.63, 3.8) is 0 Å². The second-order valence-electron chi connectivity index (χ2n) is 9.30. The zero-order chi connectivity index (χ0) is 25.3. The lowest BCUT2D eigenvalue weighted by atomic mass is 10.0. The number of hydrogen-bond acceptors (Lipinski definition) is 8. The maximum absolute atomic E-state index is 14.9. The van der Waals surface area contributed by atoms with Gasteiger partial charge in [-0.15, -0.1) is 0 Å². The fourth-order valence-electron chi connectivity index (χ4n) is 3.79. The number of aryl methyl sites for hydroxylation is 1. The van der Waals surface area contributed by atoms with E-state index < -0.39 is 32.5 Å². The number of aromatic nitrogens is 3. The summed E-state index contributed by atoms with van der Waals surface area (Å²) in [7, 11) is -3.82. The molecule has 0 aromatic carbocycles. The summed E-state index contributed by atoms with van der Waals surface area (Å²) in [5.74, 6) is -0.963. The molecule has 0 bridgehead atoms. The number of hydrogen-bond donors (Lipinski definition) is 1. The number of carbonyl (C=O) groups is 1. The number of amides is 1. The van der Waals surface area contributed by atoms with E-state index in [1.165, 1.54) is 6.92 Å². The number of carbonyl (C=O) groups excluding carboxylic acids is 1. The molecule has 3 heterocycles. The average molecular weight is 516 g/mol. The molecule has 0 aliphatic carbocycles. The lowest BCUT2D eigenvalue weighted by Gasteiger charge is -2.31. The van der Waals surface area contributed by atoms with Crippen LogP contribution in [0.15, 0.2) is 5.16 Å². The van der Waals surface area contributed by atoms with Crippen LogP contribution in [0.2, 0.25) is 5.15 Å². The third-order valence-electron chi connectivity index (χ3n) is 5.35. The van der Waals surface area contributed by atoms with Gasteiger partial charge in [-0.25, -0.2) is 32.6 Å². The van der Waals surface area contributed by atoms with Gasteiger partial charge in [0.1, 0.15) is 16.9 Å². The number of pyridine rings is 1. The molecule has 2 aromatic heterocycles. The third-order valence-corrected chi connectivity index (χ3v) is 7.10. The number of sulfone groups is 1. The smallest absolute Gasteiger partial charge is 0.410 e. The number of ether oxygens (including phenoxy) is 1. The monoisotopic (exact) mass is 515 g/mol. The molecule has 3 rings (SSSR count). The van der Waals surface area contributed by atoms with Crippen molar-refractivity contribution in [2.24, 2.45) is 0 Å². The standard InChI is InChI=1S/C22H31ClFN5O4S/c1-6-11-29(21(30)33-22(3,4)5)12-13-9-8-10-14-15-17(16(24)18(23)26-14)27-20(28-19(15)25-13)34(31,32)7-2/h13H,6-12H2,1-5H3,(H,25,27,28). The zero-order valence-corrected chi connectivity index (χ0v) is 21.7. The van der Waals surface area contributed by atoms with Crippen molar-refractivity contribution in [3.05, 3.63) is 16.7 Å². The Morgan fingerprint density at radius 1 is 1.26 bits per heavy atom. The van der Waals surface area contributed by atoms with Crippen molar-refractivity contribution >= 4 is 44.3 Å². The minimum absolute atomic E-state index is 0.167. The van der Waals surface area contributed by atoms with Gasteiger partial charge < -0.3 is 15.0 Å². The van der Waals surface area contributed by atoms with Gasteiger partial charge in [0.2, 0.25) is 15.0 Å². The summed E-state index contributed by atoms with van der Waals surface area (Å²) in [5, 5.41) is 2.71. The van der Waals surface area contributed by atoms with Crippen LogP contribution in [0.4, 0.5) is 15.0 Å².